The zero-order valence-corrected chi connectivity index (χ0v) is 13.4. The van der Waals surface area contributed by atoms with Gasteiger partial charge in [-0.15, -0.1) is 0 Å². The van der Waals surface area contributed by atoms with Crippen LogP contribution in [-0.4, -0.2) is 39.5 Å². The van der Waals surface area contributed by atoms with Crippen LogP contribution in [0.4, 0.5) is 0 Å². The lowest BCUT2D eigenvalue weighted by atomic mass is 10.2. The number of hydrogen-bond acceptors (Lipinski definition) is 5. The highest BCUT2D eigenvalue weighted by atomic mass is 32.2. The molecule has 0 fully saturated rings. The number of sulfonamides is 1. The molecule has 0 radical (unpaired) electrons. The van der Waals surface area contributed by atoms with E-state index in [1.807, 2.05) is 13.8 Å². The summed E-state index contributed by atoms with van der Waals surface area (Å²) in [7, 11) is -2.03. The lowest BCUT2D eigenvalue weighted by Gasteiger charge is -2.23. The van der Waals surface area contributed by atoms with Crippen molar-refractivity contribution in [1.29, 1.82) is 0 Å². The molecule has 1 heterocycles. The average Bonchev–Trinajstić information content (AvgIpc) is 2.76. The van der Waals surface area contributed by atoms with Gasteiger partial charge in [-0.3, -0.25) is 0 Å². The van der Waals surface area contributed by atoms with Crippen molar-refractivity contribution in [3.05, 3.63) is 17.6 Å². The number of ether oxygens (including phenoxy) is 1. The van der Waals surface area contributed by atoms with Crippen molar-refractivity contribution >= 4 is 10.0 Å². The van der Waals surface area contributed by atoms with E-state index in [1.54, 1.807) is 14.0 Å². The zero-order valence-electron chi connectivity index (χ0n) is 12.5. The molecule has 0 spiro atoms. The smallest absolute Gasteiger partial charge is 0.246 e. The average molecular weight is 304 g/mol. The van der Waals surface area contributed by atoms with Crippen LogP contribution in [0.3, 0.4) is 0 Å². The van der Waals surface area contributed by atoms with Gasteiger partial charge in [0.1, 0.15) is 16.4 Å². The third kappa shape index (κ3) is 4.05. The maximum atomic E-state index is 12.7. The van der Waals surface area contributed by atoms with Crippen LogP contribution in [0.2, 0.25) is 0 Å². The van der Waals surface area contributed by atoms with Crippen molar-refractivity contribution in [2.45, 2.75) is 32.2 Å². The molecule has 0 aliphatic carbocycles. The van der Waals surface area contributed by atoms with E-state index in [-0.39, 0.29) is 17.4 Å². The van der Waals surface area contributed by atoms with E-state index in [0.29, 0.717) is 31.2 Å². The first-order valence-corrected chi connectivity index (χ1v) is 8.05. The van der Waals surface area contributed by atoms with Gasteiger partial charge in [0.05, 0.1) is 13.2 Å². The normalized spacial score (nSPS) is 12.6. The van der Waals surface area contributed by atoms with Crippen molar-refractivity contribution in [2.75, 3.05) is 26.8 Å². The third-order valence-electron chi connectivity index (χ3n) is 2.86. The largest absolute Gasteiger partial charge is 0.464 e. The summed E-state index contributed by atoms with van der Waals surface area (Å²) in [6.45, 7) is 6.88. The highest BCUT2D eigenvalue weighted by Crippen LogP contribution is 2.24. The molecule has 0 aromatic carbocycles. The maximum Gasteiger partial charge on any atom is 0.246 e. The molecule has 0 unspecified atom stereocenters. The molecule has 2 N–H and O–H groups in total. The fraction of sp³-hybridized carbons (Fsp3) is 0.692. The first kappa shape index (κ1) is 17.2. The Bertz CT molecular complexity index is 522. The Hall–Kier alpha value is -0.890. The first-order valence-electron chi connectivity index (χ1n) is 6.61. The van der Waals surface area contributed by atoms with Crippen LogP contribution in [-0.2, 0) is 21.3 Å². The Morgan fingerprint density at radius 1 is 1.45 bits per heavy atom. The molecule has 1 rings (SSSR count). The molecule has 7 heteroatoms. The molecule has 0 amide bonds. The van der Waals surface area contributed by atoms with Crippen LogP contribution in [0, 0.1) is 12.8 Å². The number of aryl methyl sites for hydroxylation is 1. The van der Waals surface area contributed by atoms with Crippen LogP contribution < -0.4 is 5.73 Å². The van der Waals surface area contributed by atoms with Gasteiger partial charge >= 0.3 is 0 Å². The lowest BCUT2D eigenvalue weighted by molar-refractivity contribution is 0.175. The molecule has 0 aliphatic rings. The van der Waals surface area contributed by atoms with Gasteiger partial charge in [0.15, 0.2) is 0 Å². The minimum Gasteiger partial charge on any atom is -0.464 e. The summed E-state index contributed by atoms with van der Waals surface area (Å²) >= 11 is 0. The lowest BCUT2D eigenvalue weighted by Crippen LogP contribution is -2.36. The van der Waals surface area contributed by atoms with Crippen molar-refractivity contribution in [3.8, 4) is 0 Å². The molecule has 116 valence electrons. The SMILES string of the molecule is COCCN(CC(C)C)S(=O)(=O)c1cc(CN)oc1C. The topological polar surface area (TPSA) is 85.8 Å². The van der Waals surface area contributed by atoms with Gasteiger partial charge in [0.25, 0.3) is 0 Å². The maximum absolute atomic E-state index is 12.7. The molecule has 0 bridgehead atoms. The Morgan fingerprint density at radius 3 is 2.55 bits per heavy atom. The number of nitrogens with two attached hydrogens (primary N) is 1. The molecule has 0 aliphatic heterocycles. The molecular weight excluding hydrogens is 280 g/mol. The summed E-state index contributed by atoms with van der Waals surface area (Å²) in [5.41, 5.74) is 5.49. The van der Waals surface area contributed by atoms with E-state index >= 15 is 0 Å². The van der Waals surface area contributed by atoms with Crippen LogP contribution in [0.5, 0.6) is 0 Å². The molecule has 0 atom stereocenters. The van der Waals surface area contributed by atoms with Crippen LogP contribution in [0.1, 0.15) is 25.4 Å². The van der Waals surface area contributed by atoms with Gasteiger partial charge in [-0.2, -0.15) is 4.31 Å². The predicted molar refractivity (Wildman–Crippen MR) is 76.8 cm³/mol. The molecule has 1 aromatic rings. The Morgan fingerprint density at radius 2 is 2.10 bits per heavy atom. The van der Waals surface area contributed by atoms with Crippen LogP contribution in [0.15, 0.2) is 15.4 Å². The minimum absolute atomic E-state index is 0.179. The summed E-state index contributed by atoms with van der Waals surface area (Å²) in [5.74, 6) is 1.07. The van der Waals surface area contributed by atoms with E-state index in [9.17, 15) is 8.42 Å². The van der Waals surface area contributed by atoms with E-state index in [1.165, 1.54) is 10.4 Å². The highest BCUT2D eigenvalue weighted by Gasteiger charge is 2.28. The minimum atomic E-state index is -3.58. The molecular formula is C13H24N2O4S. The molecule has 20 heavy (non-hydrogen) atoms. The number of hydrogen-bond donors (Lipinski definition) is 1. The standard InChI is InChI=1S/C13H24N2O4S/c1-10(2)9-15(5-6-18-4)20(16,17)13-7-12(8-14)19-11(13)3/h7,10H,5-6,8-9,14H2,1-4H3. The van der Waals surface area contributed by atoms with E-state index in [4.69, 9.17) is 14.9 Å². The quantitative estimate of drug-likeness (QED) is 0.783. The van der Waals surface area contributed by atoms with Crippen molar-refractivity contribution < 1.29 is 17.6 Å². The fourth-order valence-electron chi connectivity index (χ4n) is 1.93. The van der Waals surface area contributed by atoms with Gasteiger partial charge in [-0.05, 0) is 12.8 Å². The van der Waals surface area contributed by atoms with E-state index in [2.05, 4.69) is 0 Å². The number of furan rings is 1. The number of methoxy groups -OCH3 is 1. The summed E-state index contributed by atoms with van der Waals surface area (Å²) in [6.07, 6.45) is 0. The van der Waals surface area contributed by atoms with Crippen molar-refractivity contribution in [3.63, 3.8) is 0 Å². The molecule has 0 saturated heterocycles. The van der Waals surface area contributed by atoms with Gasteiger partial charge in [-0.25, -0.2) is 8.42 Å². The van der Waals surface area contributed by atoms with Gasteiger partial charge in [0, 0.05) is 26.3 Å². The number of nitrogens with zero attached hydrogens (tertiary/aromatic N) is 1. The van der Waals surface area contributed by atoms with Gasteiger partial charge < -0.3 is 14.9 Å². The molecule has 6 nitrogen and oxygen atoms in total. The summed E-state index contributed by atoms with van der Waals surface area (Å²) in [4.78, 5) is 0.190. The zero-order chi connectivity index (χ0) is 15.3. The van der Waals surface area contributed by atoms with E-state index in [0.717, 1.165) is 0 Å². The Labute approximate surface area is 120 Å². The number of rotatable bonds is 8. The van der Waals surface area contributed by atoms with Crippen molar-refractivity contribution in [1.82, 2.24) is 4.31 Å². The summed E-state index contributed by atoms with van der Waals surface area (Å²) in [6, 6.07) is 1.50. The van der Waals surface area contributed by atoms with Crippen LogP contribution >= 0.6 is 0 Å². The summed E-state index contributed by atoms with van der Waals surface area (Å²) in [5, 5.41) is 0. The molecule has 1 aromatic heterocycles. The van der Waals surface area contributed by atoms with Gasteiger partial charge in [-0.1, -0.05) is 13.8 Å². The second kappa shape index (κ2) is 7.21. The Kier molecular flexibility index (Phi) is 6.19. The van der Waals surface area contributed by atoms with Crippen molar-refractivity contribution in [2.24, 2.45) is 11.7 Å². The predicted octanol–water partition coefficient (Wildman–Crippen LogP) is 1.34. The molecule has 0 saturated carbocycles. The van der Waals surface area contributed by atoms with Crippen LogP contribution in [0.25, 0.3) is 0 Å². The second-order valence-corrected chi connectivity index (χ2v) is 6.99. The van der Waals surface area contributed by atoms with Gasteiger partial charge in [0.2, 0.25) is 10.0 Å². The fourth-order valence-corrected chi connectivity index (χ4v) is 3.70. The summed E-state index contributed by atoms with van der Waals surface area (Å²) < 4.78 is 37.2. The van der Waals surface area contributed by atoms with E-state index < -0.39 is 10.0 Å². The Balaban J connectivity index is 3.10. The second-order valence-electron chi connectivity index (χ2n) is 5.09. The highest BCUT2D eigenvalue weighted by molar-refractivity contribution is 7.89. The first-order chi connectivity index (χ1) is 9.32. The third-order valence-corrected chi connectivity index (χ3v) is 4.83. The monoisotopic (exact) mass is 304 g/mol.